The van der Waals surface area contributed by atoms with E-state index in [2.05, 4.69) is 24.9 Å². The van der Waals surface area contributed by atoms with Gasteiger partial charge in [-0.2, -0.15) is 0 Å². The third kappa shape index (κ3) is 1.59. The molecule has 0 saturated heterocycles. The summed E-state index contributed by atoms with van der Waals surface area (Å²) in [5.41, 5.74) is 5.52. The highest BCUT2D eigenvalue weighted by molar-refractivity contribution is 5.91. The van der Waals surface area contributed by atoms with Gasteiger partial charge in [-0.3, -0.25) is 4.99 Å². The van der Waals surface area contributed by atoms with Gasteiger partial charge in [0.2, 0.25) is 0 Å². The van der Waals surface area contributed by atoms with Crippen molar-refractivity contribution in [3.05, 3.63) is 12.2 Å². The van der Waals surface area contributed by atoms with Crippen molar-refractivity contribution in [3.63, 3.8) is 0 Å². The zero-order valence-electron chi connectivity index (χ0n) is 6.54. The molecule has 0 amide bonds. The highest BCUT2D eigenvalue weighted by atomic mass is 14.8. The van der Waals surface area contributed by atoms with Crippen molar-refractivity contribution >= 4 is 5.84 Å². The normalized spacial score (nSPS) is 33.2. The molecule has 2 heteroatoms. The summed E-state index contributed by atoms with van der Waals surface area (Å²) in [6.07, 6.45) is 4.02. The van der Waals surface area contributed by atoms with Crippen molar-refractivity contribution in [2.45, 2.75) is 13.8 Å². The number of hydrogen-bond donors (Lipinski definition) is 1. The highest BCUT2D eigenvalue weighted by Gasteiger charge is 2.10. The van der Waals surface area contributed by atoms with E-state index in [-0.39, 0.29) is 0 Å². The lowest BCUT2D eigenvalue weighted by atomic mass is 9.96. The van der Waals surface area contributed by atoms with Gasteiger partial charge in [0.1, 0.15) is 5.84 Å². The molecule has 2 N–H and O–H groups in total. The Labute approximate surface area is 61.8 Å². The molecule has 2 atom stereocenters. The summed E-state index contributed by atoms with van der Waals surface area (Å²) in [5, 5.41) is 0. The lowest BCUT2D eigenvalue weighted by Crippen LogP contribution is -2.09. The van der Waals surface area contributed by atoms with Crippen LogP contribution < -0.4 is 5.73 Å². The van der Waals surface area contributed by atoms with Crippen LogP contribution in [0.1, 0.15) is 13.8 Å². The van der Waals surface area contributed by atoms with Crippen molar-refractivity contribution in [3.8, 4) is 0 Å². The standard InChI is InChI=1S/C8H14N2/c1-6-3-4-8(9)10-5-7(6)2/h3-4,6-7H,5H2,1-2H3,(H2,9,10). The lowest BCUT2D eigenvalue weighted by Gasteiger charge is -2.10. The van der Waals surface area contributed by atoms with E-state index in [1.165, 1.54) is 0 Å². The summed E-state index contributed by atoms with van der Waals surface area (Å²) in [7, 11) is 0. The third-order valence-electron chi connectivity index (χ3n) is 2.03. The van der Waals surface area contributed by atoms with Crippen molar-refractivity contribution in [1.82, 2.24) is 0 Å². The summed E-state index contributed by atoms with van der Waals surface area (Å²) in [4.78, 5) is 4.16. The molecule has 1 rings (SSSR count). The Morgan fingerprint density at radius 3 is 3.00 bits per heavy atom. The van der Waals surface area contributed by atoms with E-state index >= 15 is 0 Å². The Balaban J connectivity index is 2.68. The summed E-state index contributed by atoms with van der Waals surface area (Å²) < 4.78 is 0. The first-order chi connectivity index (χ1) is 4.70. The SMILES string of the molecule is CC1C=CC(N)=NCC1C. The number of nitrogens with zero attached hydrogens (tertiary/aromatic N) is 1. The van der Waals surface area contributed by atoms with Crippen molar-refractivity contribution in [2.75, 3.05) is 6.54 Å². The van der Waals surface area contributed by atoms with E-state index in [1.54, 1.807) is 0 Å². The Morgan fingerprint density at radius 2 is 2.30 bits per heavy atom. The largest absolute Gasteiger partial charge is 0.384 e. The second-order valence-electron chi connectivity index (χ2n) is 2.96. The van der Waals surface area contributed by atoms with Crippen LogP contribution in [0.3, 0.4) is 0 Å². The molecule has 0 saturated carbocycles. The molecule has 2 unspecified atom stereocenters. The number of allylic oxidation sites excluding steroid dienone is 1. The lowest BCUT2D eigenvalue weighted by molar-refractivity contribution is 0.475. The molecular formula is C8H14N2. The smallest absolute Gasteiger partial charge is 0.117 e. The van der Waals surface area contributed by atoms with E-state index in [9.17, 15) is 0 Å². The maximum atomic E-state index is 5.52. The molecule has 1 heterocycles. The molecular weight excluding hydrogens is 124 g/mol. The van der Waals surface area contributed by atoms with E-state index in [4.69, 9.17) is 5.73 Å². The first kappa shape index (κ1) is 7.32. The van der Waals surface area contributed by atoms with E-state index in [1.807, 2.05) is 6.08 Å². The Hall–Kier alpha value is -0.790. The first-order valence-electron chi connectivity index (χ1n) is 3.68. The summed E-state index contributed by atoms with van der Waals surface area (Å²) in [5.74, 6) is 1.89. The fraction of sp³-hybridized carbons (Fsp3) is 0.625. The van der Waals surface area contributed by atoms with Gasteiger partial charge in [-0.05, 0) is 17.9 Å². The van der Waals surface area contributed by atoms with Gasteiger partial charge in [-0.25, -0.2) is 0 Å². The van der Waals surface area contributed by atoms with Gasteiger partial charge in [-0.15, -0.1) is 0 Å². The van der Waals surface area contributed by atoms with Crippen LogP contribution in [0.5, 0.6) is 0 Å². The number of rotatable bonds is 0. The average molecular weight is 138 g/mol. The molecule has 0 spiro atoms. The average Bonchev–Trinajstić information content (AvgIpc) is 2.04. The minimum Gasteiger partial charge on any atom is -0.384 e. The summed E-state index contributed by atoms with van der Waals surface area (Å²) >= 11 is 0. The molecule has 2 nitrogen and oxygen atoms in total. The number of nitrogens with two attached hydrogens (primary N) is 1. The van der Waals surface area contributed by atoms with Crippen LogP contribution in [0.15, 0.2) is 17.1 Å². The predicted molar refractivity (Wildman–Crippen MR) is 44.0 cm³/mol. The van der Waals surface area contributed by atoms with Crippen LogP contribution >= 0.6 is 0 Å². The predicted octanol–water partition coefficient (Wildman–Crippen LogP) is 1.19. The van der Waals surface area contributed by atoms with Crippen molar-refractivity contribution < 1.29 is 0 Å². The molecule has 0 aromatic carbocycles. The minimum absolute atomic E-state index is 0.602. The monoisotopic (exact) mass is 138 g/mol. The van der Waals surface area contributed by atoms with Gasteiger partial charge < -0.3 is 5.73 Å². The molecule has 0 aromatic heterocycles. The fourth-order valence-electron chi connectivity index (χ4n) is 0.908. The first-order valence-corrected chi connectivity index (χ1v) is 3.68. The molecule has 56 valence electrons. The van der Waals surface area contributed by atoms with Gasteiger partial charge in [0.05, 0.1) is 0 Å². The van der Waals surface area contributed by atoms with Crippen LogP contribution in [0.4, 0.5) is 0 Å². The minimum atomic E-state index is 0.602. The highest BCUT2D eigenvalue weighted by Crippen LogP contribution is 2.14. The Kier molecular flexibility index (Phi) is 2.10. The zero-order valence-corrected chi connectivity index (χ0v) is 6.54. The molecule has 0 radical (unpaired) electrons. The third-order valence-corrected chi connectivity index (χ3v) is 2.03. The van der Waals surface area contributed by atoms with Gasteiger partial charge >= 0.3 is 0 Å². The van der Waals surface area contributed by atoms with Gasteiger partial charge in [-0.1, -0.05) is 19.9 Å². The van der Waals surface area contributed by atoms with Crippen molar-refractivity contribution in [2.24, 2.45) is 22.6 Å². The van der Waals surface area contributed by atoms with Crippen LogP contribution in [0, 0.1) is 11.8 Å². The maximum Gasteiger partial charge on any atom is 0.117 e. The second kappa shape index (κ2) is 2.86. The Morgan fingerprint density at radius 1 is 1.60 bits per heavy atom. The maximum absolute atomic E-state index is 5.52. The van der Waals surface area contributed by atoms with E-state index in [0.29, 0.717) is 17.7 Å². The summed E-state index contributed by atoms with van der Waals surface area (Å²) in [6, 6.07) is 0. The van der Waals surface area contributed by atoms with Crippen LogP contribution in [0.2, 0.25) is 0 Å². The molecule has 0 aromatic rings. The number of amidine groups is 1. The van der Waals surface area contributed by atoms with Gasteiger partial charge in [0.25, 0.3) is 0 Å². The van der Waals surface area contributed by atoms with E-state index < -0.39 is 0 Å². The molecule has 1 aliphatic rings. The van der Waals surface area contributed by atoms with Crippen LogP contribution in [-0.4, -0.2) is 12.4 Å². The topological polar surface area (TPSA) is 38.4 Å². The fourth-order valence-corrected chi connectivity index (χ4v) is 0.908. The number of aliphatic imine (C=N–C) groups is 1. The zero-order chi connectivity index (χ0) is 7.56. The molecule has 0 fully saturated rings. The van der Waals surface area contributed by atoms with Gasteiger partial charge in [0, 0.05) is 6.54 Å². The van der Waals surface area contributed by atoms with Crippen molar-refractivity contribution in [1.29, 1.82) is 0 Å². The quantitative estimate of drug-likeness (QED) is 0.536. The van der Waals surface area contributed by atoms with Gasteiger partial charge in [0.15, 0.2) is 0 Å². The van der Waals surface area contributed by atoms with Crippen LogP contribution in [-0.2, 0) is 0 Å². The summed E-state index contributed by atoms with van der Waals surface area (Å²) in [6.45, 7) is 5.24. The molecule has 0 bridgehead atoms. The Bertz CT molecular complexity index is 170. The van der Waals surface area contributed by atoms with E-state index in [0.717, 1.165) is 6.54 Å². The molecule has 0 aliphatic carbocycles. The second-order valence-corrected chi connectivity index (χ2v) is 2.96. The molecule has 1 aliphatic heterocycles. The number of hydrogen-bond acceptors (Lipinski definition) is 2. The molecule has 10 heavy (non-hydrogen) atoms. The van der Waals surface area contributed by atoms with Crippen LogP contribution in [0.25, 0.3) is 0 Å².